The van der Waals surface area contributed by atoms with Gasteiger partial charge in [-0.25, -0.2) is 0 Å². The Kier molecular flexibility index (Phi) is 5.39. The van der Waals surface area contributed by atoms with Crippen LogP contribution in [-0.4, -0.2) is 18.3 Å². The van der Waals surface area contributed by atoms with Crippen LogP contribution in [0.4, 0.5) is 0 Å². The van der Waals surface area contributed by atoms with Crippen LogP contribution in [0.15, 0.2) is 46.0 Å². The number of rotatable bonds is 7. The van der Waals surface area contributed by atoms with Crippen LogP contribution in [0.1, 0.15) is 36.8 Å². The Labute approximate surface area is 136 Å². The molecule has 21 heavy (non-hydrogen) atoms. The second-order valence-corrected chi connectivity index (χ2v) is 7.53. The molecule has 2 atom stereocenters. The highest BCUT2D eigenvalue weighted by Crippen LogP contribution is 2.41. The minimum absolute atomic E-state index is 0.598. The van der Waals surface area contributed by atoms with Gasteiger partial charge in [-0.2, -0.15) is 11.3 Å². The minimum atomic E-state index is 0.598. The lowest BCUT2D eigenvalue weighted by Crippen LogP contribution is -2.36. The Hall–Kier alpha value is -0.770. The van der Waals surface area contributed by atoms with E-state index in [1.807, 2.05) is 11.8 Å². The van der Waals surface area contributed by atoms with Crippen molar-refractivity contribution in [3.8, 4) is 0 Å². The van der Waals surface area contributed by atoms with Gasteiger partial charge in [-0.15, -0.1) is 11.8 Å². The van der Waals surface area contributed by atoms with Crippen LogP contribution >= 0.6 is 23.1 Å². The first-order chi connectivity index (χ1) is 10.4. The molecule has 3 rings (SSSR count). The average Bonchev–Trinajstić information content (AvgIpc) is 3.17. The summed E-state index contributed by atoms with van der Waals surface area (Å²) in [4.78, 5) is 1.49. The summed E-state index contributed by atoms with van der Waals surface area (Å²) in [5, 5.41) is 8.28. The van der Waals surface area contributed by atoms with Crippen molar-refractivity contribution >= 4 is 23.1 Å². The van der Waals surface area contributed by atoms with Crippen LogP contribution in [0, 0.1) is 0 Å². The highest BCUT2D eigenvalue weighted by atomic mass is 32.2. The fourth-order valence-corrected chi connectivity index (χ4v) is 5.09. The zero-order chi connectivity index (χ0) is 14.5. The van der Waals surface area contributed by atoms with E-state index in [2.05, 4.69) is 53.3 Å². The SMILES string of the molecule is CCCNC(CCc1ccsc1)C1CSc2ccccc21. The lowest BCUT2D eigenvalue weighted by Gasteiger charge is -2.25. The molecular weight excluding hydrogens is 294 g/mol. The maximum Gasteiger partial charge on any atom is 0.0147 e. The number of hydrogen-bond acceptors (Lipinski definition) is 3. The highest BCUT2D eigenvalue weighted by molar-refractivity contribution is 7.99. The third kappa shape index (κ3) is 3.71. The Bertz CT molecular complexity index is 550. The van der Waals surface area contributed by atoms with E-state index in [0.29, 0.717) is 12.0 Å². The molecule has 0 fully saturated rings. The monoisotopic (exact) mass is 317 g/mol. The van der Waals surface area contributed by atoms with Gasteiger partial charge in [-0.3, -0.25) is 0 Å². The fraction of sp³-hybridized carbons (Fsp3) is 0.444. The van der Waals surface area contributed by atoms with E-state index in [1.54, 1.807) is 16.9 Å². The molecule has 1 aliphatic rings. The Morgan fingerprint density at radius 2 is 2.19 bits per heavy atom. The Balaban J connectivity index is 1.70. The predicted molar refractivity (Wildman–Crippen MR) is 94.6 cm³/mol. The number of nitrogens with one attached hydrogen (secondary N) is 1. The molecule has 2 unspecified atom stereocenters. The summed E-state index contributed by atoms with van der Waals surface area (Å²) < 4.78 is 0. The molecular formula is C18H23NS2. The van der Waals surface area contributed by atoms with Crippen molar-refractivity contribution in [3.63, 3.8) is 0 Å². The van der Waals surface area contributed by atoms with E-state index in [1.165, 1.54) is 35.5 Å². The molecule has 1 N–H and O–H groups in total. The summed E-state index contributed by atoms with van der Waals surface area (Å²) in [7, 11) is 0. The summed E-state index contributed by atoms with van der Waals surface area (Å²) in [5.74, 6) is 1.89. The second kappa shape index (κ2) is 7.48. The van der Waals surface area contributed by atoms with E-state index in [9.17, 15) is 0 Å². The lowest BCUT2D eigenvalue weighted by atomic mass is 9.89. The number of hydrogen-bond donors (Lipinski definition) is 1. The molecule has 1 aliphatic heterocycles. The molecule has 1 nitrogen and oxygen atoms in total. The van der Waals surface area contributed by atoms with Crippen LogP contribution in [0.5, 0.6) is 0 Å². The zero-order valence-corrected chi connectivity index (χ0v) is 14.2. The topological polar surface area (TPSA) is 12.0 Å². The zero-order valence-electron chi connectivity index (χ0n) is 12.5. The summed E-state index contributed by atoms with van der Waals surface area (Å²) in [6.45, 7) is 3.37. The first kappa shape index (κ1) is 15.1. The van der Waals surface area contributed by atoms with Crippen molar-refractivity contribution in [3.05, 3.63) is 52.2 Å². The Morgan fingerprint density at radius 1 is 1.29 bits per heavy atom. The maximum absolute atomic E-state index is 3.80. The van der Waals surface area contributed by atoms with Crippen LogP contribution < -0.4 is 5.32 Å². The van der Waals surface area contributed by atoms with Crippen LogP contribution in [0.25, 0.3) is 0 Å². The quantitative estimate of drug-likeness (QED) is 0.776. The third-order valence-corrected chi connectivity index (χ3v) is 6.14. The fourth-order valence-electron chi connectivity index (χ4n) is 3.05. The van der Waals surface area contributed by atoms with Gasteiger partial charge >= 0.3 is 0 Å². The molecule has 0 saturated heterocycles. The summed E-state index contributed by atoms with van der Waals surface area (Å²) in [6.07, 6.45) is 3.63. The summed E-state index contributed by atoms with van der Waals surface area (Å²) in [5.41, 5.74) is 3.05. The van der Waals surface area contributed by atoms with Crippen molar-refractivity contribution in [1.29, 1.82) is 0 Å². The van der Waals surface area contributed by atoms with E-state index < -0.39 is 0 Å². The second-order valence-electron chi connectivity index (χ2n) is 5.69. The van der Waals surface area contributed by atoms with Crippen LogP contribution in [0.2, 0.25) is 0 Å². The third-order valence-electron chi connectivity index (χ3n) is 4.20. The van der Waals surface area contributed by atoms with Crippen molar-refractivity contribution in [2.75, 3.05) is 12.3 Å². The predicted octanol–water partition coefficient (Wildman–Crippen LogP) is 4.94. The van der Waals surface area contributed by atoms with Crippen LogP contribution in [-0.2, 0) is 6.42 Å². The molecule has 0 amide bonds. The van der Waals surface area contributed by atoms with Gasteiger partial charge in [0, 0.05) is 22.6 Å². The Morgan fingerprint density at radius 3 is 3.00 bits per heavy atom. The van der Waals surface area contributed by atoms with Gasteiger partial charge in [0.1, 0.15) is 0 Å². The molecule has 0 spiro atoms. The first-order valence-electron chi connectivity index (χ1n) is 7.84. The van der Waals surface area contributed by atoms with Crippen LogP contribution in [0.3, 0.4) is 0 Å². The molecule has 1 aromatic heterocycles. The lowest BCUT2D eigenvalue weighted by molar-refractivity contribution is 0.429. The number of thioether (sulfide) groups is 1. The maximum atomic E-state index is 3.80. The normalized spacial score (nSPS) is 18.6. The molecule has 2 aromatic rings. The van der Waals surface area contributed by atoms with E-state index in [4.69, 9.17) is 0 Å². The van der Waals surface area contributed by atoms with Crippen molar-refractivity contribution < 1.29 is 0 Å². The van der Waals surface area contributed by atoms with Crippen molar-refractivity contribution in [1.82, 2.24) is 5.32 Å². The van der Waals surface area contributed by atoms with Gasteiger partial charge in [0.05, 0.1) is 0 Å². The molecule has 0 saturated carbocycles. The molecule has 3 heteroatoms. The van der Waals surface area contributed by atoms with E-state index in [0.717, 1.165) is 6.54 Å². The van der Waals surface area contributed by atoms with Gasteiger partial charge in [-0.1, -0.05) is 25.1 Å². The number of fused-ring (bicyclic) bond motifs is 1. The van der Waals surface area contributed by atoms with Gasteiger partial charge in [0.25, 0.3) is 0 Å². The summed E-state index contributed by atoms with van der Waals surface area (Å²) in [6, 6.07) is 11.8. The standard InChI is InChI=1S/C18H23NS2/c1-2-10-19-17(8-7-14-9-11-20-12-14)16-13-21-18-6-4-3-5-15(16)18/h3-6,9,11-12,16-17,19H,2,7-8,10,13H2,1H3. The van der Waals surface area contributed by atoms with Gasteiger partial charge in [-0.05, 0) is 59.8 Å². The molecule has 112 valence electrons. The first-order valence-corrected chi connectivity index (χ1v) is 9.77. The molecule has 1 aromatic carbocycles. The smallest absolute Gasteiger partial charge is 0.0147 e. The molecule has 0 radical (unpaired) electrons. The number of benzene rings is 1. The number of aryl methyl sites for hydroxylation is 1. The van der Waals surface area contributed by atoms with E-state index >= 15 is 0 Å². The molecule has 0 bridgehead atoms. The largest absolute Gasteiger partial charge is 0.313 e. The van der Waals surface area contributed by atoms with Crippen molar-refractivity contribution in [2.24, 2.45) is 0 Å². The average molecular weight is 318 g/mol. The van der Waals surface area contributed by atoms with Gasteiger partial charge in [0.2, 0.25) is 0 Å². The highest BCUT2D eigenvalue weighted by Gasteiger charge is 2.29. The molecule has 0 aliphatic carbocycles. The number of thiophene rings is 1. The van der Waals surface area contributed by atoms with Gasteiger partial charge in [0.15, 0.2) is 0 Å². The minimum Gasteiger partial charge on any atom is -0.313 e. The molecule has 2 heterocycles. The van der Waals surface area contributed by atoms with E-state index in [-0.39, 0.29) is 0 Å². The summed E-state index contributed by atoms with van der Waals surface area (Å²) >= 11 is 3.83. The van der Waals surface area contributed by atoms with Crippen molar-refractivity contribution in [2.45, 2.75) is 43.0 Å². The van der Waals surface area contributed by atoms with Gasteiger partial charge < -0.3 is 5.32 Å².